The Bertz CT molecular complexity index is 853. The molecule has 30 heavy (non-hydrogen) atoms. The Morgan fingerprint density at radius 2 is 2.07 bits per heavy atom. The van der Waals surface area contributed by atoms with E-state index in [2.05, 4.69) is 4.90 Å². The topological polar surface area (TPSA) is 68.2 Å². The van der Waals surface area contributed by atoms with Crippen LogP contribution in [-0.2, 0) is 20.7 Å². The highest BCUT2D eigenvalue weighted by molar-refractivity contribution is 5.80. The van der Waals surface area contributed by atoms with Gasteiger partial charge in [-0.2, -0.15) is 0 Å². The molecule has 2 fully saturated rings. The van der Waals surface area contributed by atoms with Crippen LogP contribution in [0.5, 0.6) is 11.5 Å². The Balaban J connectivity index is 1.44. The van der Waals surface area contributed by atoms with Gasteiger partial charge in [-0.05, 0) is 55.4 Å². The molecule has 1 unspecified atom stereocenters. The van der Waals surface area contributed by atoms with E-state index in [1.54, 1.807) is 19.2 Å². The van der Waals surface area contributed by atoms with Crippen LogP contribution >= 0.6 is 0 Å². The Kier molecular flexibility index (Phi) is 5.23. The van der Waals surface area contributed by atoms with Gasteiger partial charge in [0.25, 0.3) is 0 Å². The zero-order valence-electron chi connectivity index (χ0n) is 17.7. The molecule has 1 N–H and O–H groups in total. The van der Waals surface area contributed by atoms with Crippen molar-refractivity contribution in [3.8, 4) is 11.5 Å². The second kappa shape index (κ2) is 7.89. The number of carbonyl (C=O) groups is 1. The van der Waals surface area contributed by atoms with Gasteiger partial charge in [0, 0.05) is 25.3 Å². The van der Waals surface area contributed by atoms with Crippen LogP contribution in [0.4, 0.5) is 0 Å². The normalized spacial score (nSPS) is 25.9. The fraction of sp³-hybridized carbons (Fsp3) is 0.625. The Morgan fingerprint density at radius 3 is 2.73 bits per heavy atom. The van der Waals surface area contributed by atoms with Crippen LogP contribution < -0.4 is 4.74 Å². The lowest BCUT2D eigenvalue weighted by molar-refractivity contribution is -0.165. The van der Waals surface area contributed by atoms with Crippen molar-refractivity contribution in [2.75, 3.05) is 26.9 Å². The molecule has 6 heteroatoms. The van der Waals surface area contributed by atoms with Crippen molar-refractivity contribution < 1.29 is 24.1 Å². The summed E-state index contributed by atoms with van der Waals surface area (Å²) < 4.78 is 17.2. The predicted molar refractivity (Wildman–Crippen MR) is 111 cm³/mol. The highest BCUT2D eigenvalue weighted by Gasteiger charge is 2.45. The van der Waals surface area contributed by atoms with Crippen LogP contribution in [0, 0.1) is 5.92 Å². The van der Waals surface area contributed by atoms with Gasteiger partial charge >= 0.3 is 0 Å². The standard InChI is InChI=1S/C24H31NO5/c1-28-22-6-5-16(14-21(22)26)13-20-19-7-9-24(29-11-12-30-24)15-18(19)8-10-25(20)23(27)17-3-2-4-17/h5-6,14,17,20,26H,2-4,7-13,15H2,1H3. The minimum absolute atomic E-state index is 0.0494. The zero-order chi connectivity index (χ0) is 20.7. The molecule has 1 saturated heterocycles. The number of ether oxygens (including phenoxy) is 3. The van der Waals surface area contributed by atoms with Gasteiger partial charge in [0.2, 0.25) is 5.91 Å². The quantitative estimate of drug-likeness (QED) is 0.765. The fourth-order valence-corrected chi connectivity index (χ4v) is 5.50. The molecule has 0 radical (unpaired) electrons. The first kappa shape index (κ1) is 19.9. The number of hydrogen-bond acceptors (Lipinski definition) is 5. The number of amides is 1. The number of rotatable bonds is 4. The minimum atomic E-state index is -0.443. The van der Waals surface area contributed by atoms with E-state index in [0.29, 0.717) is 31.3 Å². The average molecular weight is 414 g/mol. The third kappa shape index (κ3) is 3.50. The highest BCUT2D eigenvalue weighted by Crippen LogP contribution is 2.45. The second-order valence-corrected chi connectivity index (χ2v) is 9.05. The molecule has 4 aliphatic rings. The monoisotopic (exact) mass is 413 g/mol. The van der Waals surface area contributed by atoms with Crippen molar-refractivity contribution >= 4 is 5.91 Å². The van der Waals surface area contributed by atoms with E-state index in [0.717, 1.165) is 57.1 Å². The van der Waals surface area contributed by atoms with E-state index in [4.69, 9.17) is 14.2 Å². The van der Waals surface area contributed by atoms with Crippen molar-refractivity contribution in [1.82, 2.24) is 4.90 Å². The van der Waals surface area contributed by atoms with Gasteiger partial charge in [-0.25, -0.2) is 0 Å². The van der Waals surface area contributed by atoms with E-state index < -0.39 is 5.79 Å². The van der Waals surface area contributed by atoms with Gasteiger partial charge in [0.05, 0.1) is 26.4 Å². The molecule has 0 aromatic heterocycles. The van der Waals surface area contributed by atoms with Crippen LogP contribution in [-0.4, -0.2) is 54.6 Å². The van der Waals surface area contributed by atoms with Crippen molar-refractivity contribution in [1.29, 1.82) is 0 Å². The molecule has 0 bridgehead atoms. The molecule has 1 atom stereocenters. The molecule has 1 aromatic carbocycles. The second-order valence-electron chi connectivity index (χ2n) is 9.05. The maximum absolute atomic E-state index is 13.3. The van der Waals surface area contributed by atoms with Crippen LogP contribution in [0.1, 0.15) is 50.5 Å². The van der Waals surface area contributed by atoms with Crippen LogP contribution in [0.2, 0.25) is 0 Å². The zero-order valence-corrected chi connectivity index (χ0v) is 17.7. The summed E-state index contributed by atoms with van der Waals surface area (Å²) in [5.74, 6) is 0.675. The Morgan fingerprint density at radius 1 is 1.27 bits per heavy atom. The summed E-state index contributed by atoms with van der Waals surface area (Å²) >= 11 is 0. The lowest BCUT2D eigenvalue weighted by Crippen LogP contribution is -2.51. The van der Waals surface area contributed by atoms with E-state index in [1.165, 1.54) is 11.1 Å². The van der Waals surface area contributed by atoms with E-state index in [-0.39, 0.29) is 17.7 Å². The van der Waals surface area contributed by atoms with Crippen molar-refractivity contribution in [2.24, 2.45) is 5.92 Å². The maximum Gasteiger partial charge on any atom is 0.226 e. The Hall–Kier alpha value is -2.05. The predicted octanol–water partition coefficient (Wildman–Crippen LogP) is 3.57. The average Bonchev–Trinajstić information content (AvgIpc) is 3.14. The number of methoxy groups -OCH3 is 1. The molecular formula is C24H31NO5. The van der Waals surface area contributed by atoms with E-state index in [1.807, 2.05) is 6.07 Å². The number of nitrogens with zero attached hydrogens (tertiary/aromatic N) is 1. The summed E-state index contributed by atoms with van der Waals surface area (Å²) in [5.41, 5.74) is 3.81. The first-order valence-corrected chi connectivity index (χ1v) is 11.2. The fourth-order valence-electron chi connectivity index (χ4n) is 5.50. The molecule has 2 heterocycles. The third-order valence-corrected chi connectivity index (χ3v) is 7.37. The molecule has 2 aliphatic heterocycles. The lowest BCUT2D eigenvalue weighted by atomic mass is 9.76. The highest BCUT2D eigenvalue weighted by atomic mass is 16.7. The summed E-state index contributed by atoms with van der Waals surface area (Å²) in [5, 5.41) is 10.3. The van der Waals surface area contributed by atoms with Gasteiger partial charge in [-0.15, -0.1) is 0 Å². The molecule has 2 aliphatic carbocycles. The van der Waals surface area contributed by atoms with Crippen molar-refractivity contribution in [2.45, 2.75) is 63.2 Å². The molecular weight excluding hydrogens is 382 g/mol. The van der Waals surface area contributed by atoms with E-state index in [9.17, 15) is 9.90 Å². The SMILES string of the molecule is COc1ccc(CC2C3=C(CCN2C(=O)C2CCC2)CC2(CC3)OCCO2)cc1O. The van der Waals surface area contributed by atoms with Crippen molar-refractivity contribution in [3.63, 3.8) is 0 Å². The molecule has 162 valence electrons. The summed E-state index contributed by atoms with van der Waals surface area (Å²) in [4.78, 5) is 15.4. The minimum Gasteiger partial charge on any atom is -0.504 e. The molecule has 1 spiro atoms. The number of phenolic OH excluding ortho intramolecular Hbond substituents is 1. The van der Waals surface area contributed by atoms with Gasteiger partial charge in [0.15, 0.2) is 17.3 Å². The number of hydrogen-bond donors (Lipinski definition) is 1. The molecule has 1 amide bonds. The largest absolute Gasteiger partial charge is 0.504 e. The van der Waals surface area contributed by atoms with E-state index >= 15 is 0 Å². The van der Waals surface area contributed by atoms with Crippen LogP contribution in [0.15, 0.2) is 29.3 Å². The number of carbonyl (C=O) groups excluding carboxylic acids is 1. The molecule has 6 nitrogen and oxygen atoms in total. The summed E-state index contributed by atoms with van der Waals surface area (Å²) in [6.07, 6.45) is 7.38. The summed E-state index contributed by atoms with van der Waals surface area (Å²) in [6.45, 7) is 2.10. The summed E-state index contributed by atoms with van der Waals surface area (Å²) in [6, 6.07) is 5.62. The summed E-state index contributed by atoms with van der Waals surface area (Å²) in [7, 11) is 1.55. The van der Waals surface area contributed by atoms with Gasteiger partial charge in [0.1, 0.15) is 0 Å². The van der Waals surface area contributed by atoms with Crippen molar-refractivity contribution in [3.05, 3.63) is 34.9 Å². The molecule has 1 aromatic rings. The van der Waals surface area contributed by atoms with Crippen LogP contribution in [0.25, 0.3) is 0 Å². The third-order valence-electron chi connectivity index (χ3n) is 7.37. The lowest BCUT2D eigenvalue weighted by Gasteiger charge is -2.46. The first-order chi connectivity index (χ1) is 14.6. The number of aromatic hydroxyl groups is 1. The van der Waals surface area contributed by atoms with Gasteiger partial charge in [-0.1, -0.05) is 18.1 Å². The van der Waals surface area contributed by atoms with Crippen LogP contribution in [0.3, 0.4) is 0 Å². The first-order valence-electron chi connectivity index (χ1n) is 11.2. The maximum atomic E-state index is 13.3. The number of benzene rings is 1. The smallest absolute Gasteiger partial charge is 0.226 e. The van der Waals surface area contributed by atoms with Gasteiger partial charge in [-0.3, -0.25) is 4.79 Å². The number of phenols is 1. The van der Waals surface area contributed by atoms with Gasteiger partial charge < -0.3 is 24.2 Å². The Labute approximate surface area is 177 Å². The molecule has 1 saturated carbocycles. The molecule has 5 rings (SSSR count).